The summed E-state index contributed by atoms with van der Waals surface area (Å²) in [6.45, 7) is 9.88. The Morgan fingerprint density at radius 2 is 1.71 bits per heavy atom. The number of carbonyl (C=O) groups is 1. The maximum Gasteiger partial charge on any atom is 0.291 e. The van der Waals surface area contributed by atoms with E-state index in [9.17, 15) is 9.18 Å². The standard InChI is InChI=1S/C26H24FN7O3.2C2H6/c27-20-11-10-18(24(31-20)34-12-14-36-15-13-34)22(28)37-26(29)33-23-25(35)30-19-9-5-4-8-17(19)21(32-23)16-6-2-1-3-7-16;2*1-2/h1-11,23,28H,12-15H2,(H2,29,33)(H,30,35);2*1-2H3. The molecular weight excluding hydrogens is 525 g/mol. The minimum absolute atomic E-state index is 0.229. The molecule has 0 bridgehead atoms. The van der Waals surface area contributed by atoms with E-state index in [2.05, 4.69) is 20.3 Å². The molecule has 4 N–H and O–H groups in total. The lowest BCUT2D eigenvalue weighted by molar-refractivity contribution is -0.117. The van der Waals surface area contributed by atoms with Gasteiger partial charge in [-0.3, -0.25) is 10.2 Å². The van der Waals surface area contributed by atoms with Crippen molar-refractivity contribution in [3.05, 3.63) is 89.4 Å². The average molecular weight is 562 g/mol. The molecule has 5 rings (SSSR count). The van der Waals surface area contributed by atoms with E-state index in [1.807, 2.05) is 76.2 Å². The summed E-state index contributed by atoms with van der Waals surface area (Å²) in [4.78, 5) is 27.5. The number of halogens is 1. The highest BCUT2D eigenvalue weighted by Gasteiger charge is 2.27. The predicted molar refractivity (Wildman–Crippen MR) is 160 cm³/mol. The van der Waals surface area contributed by atoms with Gasteiger partial charge in [-0.1, -0.05) is 76.2 Å². The number of hydrogen-bond donors (Lipinski definition) is 3. The number of ether oxygens (including phenoxy) is 2. The topological polar surface area (TPSA) is 138 Å². The van der Waals surface area contributed by atoms with Crippen molar-refractivity contribution in [2.45, 2.75) is 33.9 Å². The van der Waals surface area contributed by atoms with Gasteiger partial charge < -0.3 is 25.4 Å². The molecule has 1 unspecified atom stereocenters. The Labute approximate surface area is 239 Å². The first kappa shape index (κ1) is 30.9. The molecule has 41 heavy (non-hydrogen) atoms. The van der Waals surface area contributed by atoms with E-state index in [-0.39, 0.29) is 17.3 Å². The van der Waals surface area contributed by atoms with Gasteiger partial charge in [-0.25, -0.2) is 9.98 Å². The second kappa shape index (κ2) is 15.2. The van der Waals surface area contributed by atoms with Gasteiger partial charge in [0.1, 0.15) is 5.82 Å². The van der Waals surface area contributed by atoms with Gasteiger partial charge in [-0.05, 0) is 18.2 Å². The van der Waals surface area contributed by atoms with Gasteiger partial charge in [-0.2, -0.15) is 9.38 Å². The minimum atomic E-state index is -1.26. The number of nitrogens with zero attached hydrogens (tertiary/aromatic N) is 4. The number of pyridine rings is 1. The Morgan fingerprint density at radius 1 is 1.05 bits per heavy atom. The molecular formula is C30H36FN7O3. The van der Waals surface area contributed by atoms with Crippen molar-refractivity contribution < 1.29 is 18.7 Å². The lowest BCUT2D eigenvalue weighted by Gasteiger charge is -2.29. The fourth-order valence-corrected chi connectivity index (χ4v) is 4.09. The number of rotatable bonds is 4. The van der Waals surface area contributed by atoms with Gasteiger partial charge in [-0.15, -0.1) is 0 Å². The van der Waals surface area contributed by atoms with E-state index >= 15 is 0 Å². The summed E-state index contributed by atoms with van der Waals surface area (Å²) >= 11 is 0. The normalized spacial score (nSPS) is 16.4. The Hall–Kier alpha value is -4.64. The second-order valence-corrected chi connectivity index (χ2v) is 8.26. The highest BCUT2D eigenvalue weighted by molar-refractivity contribution is 6.19. The number of carbonyl (C=O) groups excluding carboxylic acids is 1. The number of fused-ring (bicyclic) bond motifs is 1. The Bertz CT molecular complexity index is 1390. The third kappa shape index (κ3) is 7.73. The van der Waals surface area contributed by atoms with Gasteiger partial charge in [0.25, 0.3) is 11.9 Å². The number of nitrogens with one attached hydrogen (secondary N) is 2. The van der Waals surface area contributed by atoms with Crippen LogP contribution in [0.5, 0.6) is 0 Å². The molecule has 1 aromatic heterocycles. The predicted octanol–water partition coefficient (Wildman–Crippen LogP) is 4.58. The number of hydrogen-bond acceptors (Lipinski definition) is 8. The third-order valence-electron chi connectivity index (χ3n) is 5.83. The monoisotopic (exact) mass is 561 g/mol. The molecule has 1 atom stereocenters. The number of benzene rings is 2. The number of para-hydroxylation sites is 1. The first-order valence-electron chi connectivity index (χ1n) is 13.6. The fraction of sp³-hybridized carbons (Fsp3) is 0.300. The summed E-state index contributed by atoms with van der Waals surface area (Å²) in [6, 6.07) is 18.8. The van der Waals surface area contributed by atoms with Crippen molar-refractivity contribution in [1.82, 2.24) is 4.98 Å². The molecule has 11 heteroatoms. The number of amidine groups is 1. The van der Waals surface area contributed by atoms with Crippen LogP contribution in [0.4, 0.5) is 15.9 Å². The number of aliphatic imine (C=N–C) groups is 2. The van der Waals surface area contributed by atoms with Crippen molar-refractivity contribution in [2.24, 2.45) is 15.7 Å². The summed E-state index contributed by atoms with van der Waals surface area (Å²) in [5, 5.41) is 11.3. The van der Waals surface area contributed by atoms with Crippen LogP contribution in [0.1, 0.15) is 44.4 Å². The van der Waals surface area contributed by atoms with Crippen LogP contribution >= 0.6 is 0 Å². The molecule has 0 radical (unpaired) electrons. The molecule has 2 aliphatic heterocycles. The second-order valence-electron chi connectivity index (χ2n) is 8.26. The largest absolute Gasteiger partial charge is 0.407 e. The van der Waals surface area contributed by atoms with E-state index in [1.165, 1.54) is 6.07 Å². The summed E-state index contributed by atoms with van der Waals surface area (Å²) in [5.74, 6) is -1.33. The zero-order valence-electron chi connectivity index (χ0n) is 23.7. The maximum absolute atomic E-state index is 13.9. The quantitative estimate of drug-likeness (QED) is 0.242. The number of anilines is 2. The van der Waals surface area contributed by atoms with Gasteiger partial charge in [0.2, 0.25) is 18.0 Å². The van der Waals surface area contributed by atoms with Crippen LogP contribution in [0.3, 0.4) is 0 Å². The molecule has 10 nitrogen and oxygen atoms in total. The van der Waals surface area contributed by atoms with Crippen LogP contribution in [0.2, 0.25) is 0 Å². The third-order valence-corrected chi connectivity index (χ3v) is 5.83. The van der Waals surface area contributed by atoms with Gasteiger partial charge in [0.05, 0.1) is 30.2 Å². The van der Waals surface area contributed by atoms with Crippen LogP contribution < -0.4 is 16.0 Å². The smallest absolute Gasteiger partial charge is 0.291 e. The maximum atomic E-state index is 13.9. The molecule has 3 heterocycles. The highest BCUT2D eigenvalue weighted by Crippen LogP contribution is 2.25. The van der Waals surface area contributed by atoms with Crippen molar-refractivity contribution >= 4 is 35.0 Å². The number of aromatic nitrogens is 1. The molecule has 216 valence electrons. The molecule has 1 fully saturated rings. The zero-order valence-corrected chi connectivity index (χ0v) is 23.7. The van der Waals surface area contributed by atoms with Gasteiger partial charge in [0, 0.05) is 24.2 Å². The number of morpholine rings is 1. The van der Waals surface area contributed by atoms with Crippen molar-refractivity contribution in [3.63, 3.8) is 0 Å². The lowest BCUT2D eigenvalue weighted by Crippen LogP contribution is -2.38. The summed E-state index contributed by atoms with van der Waals surface area (Å²) in [6.07, 6.45) is -1.26. The van der Waals surface area contributed by atoms with Crippen LogP contribution in [-0.2, 0) is 14.3 Å². The van der Waals surface area contributed by atoms with Gasteiger partial charge in [0.15, 0.2) is 0 Å². The van der Waals surface area contributed by atoms with Crippen molar-refractivity contribution in [2.75, 3.05) is 36.5 Å². The Kier molecular flexibility index (Phi) is 11.5. The molecule has 0 saturated carbocycles. The van der Waals surface area contributed by atoms with E-state index in [4.69, 9.17) is 20.6 Å². The number of amides is 1. The first-order chi connectivity index (χ1) is 20.0. The summed E-state index contributed by atoms with van der Waals surface area (Å²) in [7, 11) is 0. The van der Waals surface area contributed by atoms with E-state index in [1.54, 1.807) is 11.0 Å². The molecule has 2 aliphatic rings. The zero-order chi connectivity index (χ0) is 29.8. The highest BCUT2D eigenvalue weighted by atomic mass is 19.1. The Balaban J connectivity index is 0.00000111. The van der Waals surface area contributed by atoms with E-state index in [0.717, 1.165) is 17.2 Å². The molecule has 0 aliphatic carbocycles. The van der Waals surface area contributed by atoms with Crippen LogP contribution in [0.15, 0.2) is 76.7 Å². The van der Waals surface area contributed by atoms with E-state index < -0.39 is 24.0 Å². The van der Waals surface area contributed by atoms with Crippen LogP contribution in [0.25, 0.3) is 0 Å². The Morgan fingerprint density at radius 3 is 2.41 bits per heavy atom. The lowest BCUT2D eigenvalue weighted by atomic mass is 10.0. The van der Waals surface area contributed by atoms with E-state index in [0.29, 0.717) is 37.7 Å². The molecule has 3 aromatic rings. The average Bonchev–Trinajstić information content (AvgIpc) is 3.15. The minimum Gasteiger partial charge on any atom is -0.407 e. The number of benzodiazepines with no additional fused rings is 1. The summed E-state index contributed by atoms with van der Waals surface area (Å²) in [5.41, 5.74) is 8.93. The molecule has 2 aromatic carbocycles. The molecule has 1 saturated heterocycles. The SMILES string of the molecule is CC.CC.N=C(O/C(N)=N/C1N=C(c2ccccc2)c2ccccc2NC1=O)c1ccc(F)nc1N1CCOCC1. The van der Waals surface area contributed by atoms with Crippen LogP contribution in [0, 0.1) is 11.4 Å². The molecule has 0 spiro atoms. The summed E-state index contributed by atoms with van der Waals surface area (Å²) < 4.78 is 24.7. The molecule has 1 amide bonds. The van der Waals surface area contributed by atoms with Gasteiger partial charge >= 0.3 is 0 Å². The number of nitrogens with two attached hydrogens (primary N) is 1. The van der Waals surface area contributed by atoms with Crippen LogP contribution in [-0.4, -0.2) is 61.0 Å². The fourth-order valence-electron chi connectivity index (χ4n) is 4.09. The van der Waals surface area contributed by atoms with Crippen molar-refractivity contribution in [3.8, 4) is 0 Å². The first-order valence-corrected chi connectivity index (χ1v) is 13.6. The van der Waals surface area contributed by atoms with Crippen molar-refractivity contribution in [1.29, 1.82) is 5.41 Å².